The average molecular weight is 403 g/mol. The topological polar surface area (TPSA) is 58.1 Å². The van der Waals surface area contributed by atoms with Crippen molar-refractivity contribution in [3.63, 3.8) is 0 Å². The van der Waals surface area contributed by atoms with Crippen molar-refractivity contribution < 1.29 is 9.47 Å². The number of nitrogens with one attached hydrogen (secondary N) is 2. The van der Waals surface area contributed by atoms with E-state index in [1.165, 1.54) is 24.0 Å². The van der Waals surface area contributed by atoms with Gasteiger partial charge < -0.3 is 20.1 Å². The molecule has 1 aliphatic heterocycles. The SMILES string of the molecule is CCNC(=NCc1cccc(CN2CCOC(C)C2)c1)NCCCOCC1CC1. The quantitative estimate of drug-likeness (QED) is 0.339. The van der Waals surface area contributed by atoms with E-state index in [-0.39, 0.29) is 0 Å². The Labute approximate surface area is 176 Å². The van der Waals surface area contributed by atoms with Gasteiger partial charge in [-0.1, -0.05) is 24.3 Å². The van der Waals surface area contributed by atoms with Gasteiger partial charge in [-0.3, -0.25) is 4.90 Å². The Kier molecular flexibility index (Phi) is 9.25. The van der Waals surface area contributed by atoms with E-state index < -0.39 is 0 Å². The number of guanidine groups is 1. The second-order valence-electron chi connectivity index (χ2n) is 8.23. The molecule has 2 aliphatic rings. The van der Waals surface area contributed by atoms with Crippen molar-refractivity contribution in [2.75, 3.05) is 46.0 Å². The van der Waals surface area contributed by atoms with Crippen LogP contribution in [-0.2, 0) is 22.6 Å². The van der Waals surface area contributed by atoms with Crippen molar-refractivity contribution in [2.45, 2.75) is 52.3 Å². The van der Waals surface area contributed by atoms with E-state index in [0.29, 0.717) is 12.6 Å². The fourth-order valence-electron chi connectivity index (χ4n) is 3.55. The fourth-order valence-corrected chi connectivity index (χ4v) is 3.55. The number of morpholine rings is 1. The third-order valence-corrected chi connectivity index (χ3v) is 5.30. The van der Waals surface area contributed by atoms with Gasteiger partial charge >= 0.3 is 0 Å². The number of benzene rings is 1. The molecule has 1 heterocycles. The van der Waals surface area contributed by atoms with E-state index >= 15 is 0 Å². The largest absolute Gasteiger partial charge is 0.381 e. The molecule has 0 bridgehead atoms. The van der Waals surface area contributed by atoms with Gasteiger partial charge in [0.05, 0.1) is 19.3 Å². The Hall–Kier alpha value is -1.63. The Morgan fingerprint density at radius 3 is 2.93 bits per heavy atom. The van der Waals surface area contributed by atoms with Crippen molar-refractivity contribution in [2.24, 2.45) is 10.9 Å². The molecule has 0 radical (unpaired) electrons. The van der Waals surface area contributed by atoms with Gasteiger partial charge in [0.2, 0.25) is 0 Å². The van der Waals surface area contributed by atoms with E-state index in [2.05, 4.69) is 53.6 Å². The zero-order chi connectivity index (χ0) is 20.3. The Balaban J connectivity index is 1.42. The Bertz CT molecular complexity index is 633. The van der Waals surface area contributed by atoms with Crippen LogP contribution in [0.15, 0.2) is 29.3 Å². The zero-order valence-electron chi connectivity index (χ0n) is 18.2. The van der Waals surface area contributed by atoms with Crippen LogP contribution in [0.25, 0.3) is 0 Å². The monoisotopic (exact) mass is 402 g/mol. The molecule has 1 aliphatic carbocycles. The van der Waals surface area contributed by atoms with Gasteiger partial charge in [-0.2, -0.15) is 0 Å². The minimum absolute atomic E-state index is 0.324. The molecule has 1 unspecified atom stereocenters. The highest BCUT2D eigenvalue weighted by molar-refractivity contribution is 5.79. The summed E-state index contributed by atoms with van der Waals surface area (Å²) in [5.74, 6) is 1.71. The summed E-state index contributed by atoms with van der Waals surface area (Å²) in [5.41, 5.74) is 2.59. The first kappa shape index (κ1) is 22.1. The maximum Gasteiger partial charge on any atom is 0.191 e. The molecule has 1 atom stereocenters. The molecule has 0 aromatic heterocycles. The Morgan fingerprint density at radius 2 is 2.14 bits per heavy atom. The second-order valence-corrected chi connectivity index (χ2v) is 8.23. The summed E-state index contributed by atoms with van der Waals surface area (Å²) in [6.07, 6.45) is 4.03. The first-order chi connectivity index (χ1) is 14.2. The maximum atomic E-state index is 5.70. The van der Waals surface area contributed by atoms with Crippen LogP contribution >= 0.6 is 0 Å². The summed E-state index contributed by atoms with van der Waals surface area (Å²) >= 11 is 0. The summed E-state index contributed by atoms with van der Waals surface area (Å²) in [6.45, 7) is 12.2. The van der Waals surface area contributed by atoms with Crippen molar-refractivity contribution >= 4 is 5.96 Å². The molecule has 1 aromatic rings. The van der Waals surface area contributed by atoms with E-state index in [1.807, 2.05) is 0 Å². The minimum Gasteiger partial charge on any atom is -0.381 e. The van der Waals surface area contributed by atoms with Crippen LogP contribution in [-0.4, -0.2) is 63.0 Å². The third-order valence-electron chi connectivity index (χ3n) is 5.30. The first-order valence-electron chi connectivity index (χ1n) is 11.2. The summed E-state index contributed by atoms with van der Waals surface area (Å²) < 4.78 is 11.3. The molecule has 6 nitrogen and oxygen atoms in total. The predicted octanol–water partition coefficient (Wildman–Crippen LogP) is 2.78. The lowest BCUT2D eigenvalue weighted by Gasteiger charge is -2.31. The lowest BCUT2D eigenvalue weighted by molar-refractivity contribution is -0.0212. The lowest BCUT2D eigenvalue weighted by Crippen LogP contribution is -2.40. The normalized spacial score (nSPS) is 20.6. The van der Waals surface area contributed by atoms with Gasteiger partial charge in [0.25, 0.3) is 0 Å². The number of ether oxygens (including phenoxy) is 2. The molecule has 2 N–H and O–H groups in total. The highest BCUT2D eigenvalue weighted by Gasteiger charge is 2.20. The molecule has 0 amide bonds. The molecule has 29 heavy (non-hydrogen) atoms. The number of hydrogen-bond acceptors (Lipinski definition) is 4. The second kappa shape index (κ2) is 12.2. The molecule has 1 saturated heterocycles. The van der Waals surface area contributed by atoms with Crippen molar-refractivity contribution in [3.8, 4) is 0 Å². The number of aliphatic imine (C=N–C) groups is 1. The summed E-state index contributed by atoms with van der Waals surface area (Å²) in [6, 6.07) is 8.78. The van der Waals surface area contributed by atoms with Gasteiger partial charge in [-0.25, -0.2) is 4.99 Å². The van der Waals surface area contributed by atoms with Crippen LogP contribution in [0.1, 0.15) is 44.2 Å². The van der Waals surface area contributed by atoms with Crippen LogP contribution in [0.2, 0.25) is 0 Å². The maximum absolute atomic E-state index is 5.70. The number of hydrogen-bond donors (Lipinski definition) is 2. The number of rotatable bonds is 11. The highest BCUT2D eigenvalue weighted by Crippen LogP contribution is 2.28. The molecule has 6 heteroatoms. The smallest absolute Gasteiger partial charge is 0.191 e. The zero-order valence-corrected chi connectivity index (χ0v) is 18.2. The molecular formula is C23H38N4O2. The average Bonchev–Trinajstić information content (AvgIpc) is 3.53. The van der Waals surface area contributed by atoms with Crippen LogP contribution in [0.3, 0.4) is 0 Å². The van der Waals surface area contributed by atoms with Crippen molar-refractivity contribution in [1.82, 2.24) is 15.5 Å². The standard InChI is InChI=1S/C23H38N4O2/c1-3-24-23(25-10-5-12-28-18-20-8-9-20)26-15-21-6-4-7-22(14-21)17-27-11-13-29-19(2)16-27/h4,6-7,14,19-20H,3,5,8-13,15-18H2,1-2H3,(H2,24,25,26). The van der Waals surface area contributed by atoms with E-state index in [9.17, 15) is 0 Å². The van der Waals surface area contributed by atoms with Crippen LogP contribution in [0.5, 0.6) is 0 Å². The summed E-state index contributed by atoms with van der Waals surface area (Å²) in [4.78, 5) is 7.23. The number of nitrogens with zero attached hydrogens (tertiary/aromatic N) is 2. The van der Waals surface area contributed by atoms with Gasteiger partial charge in [0.15, 0.2) is 5.96 Å². The van der Waals surface area contributed by atoms with Crippen LogP contribution in [0, 0.1) is 5.92 Å². The molecule has 3 rings (SSSR count). The Morgan fingerprint density at radius 1 is 1.28 bits per heavy atom. The van der Waals surface area contributed by atoms with Crippen molar-refractivity contribution in [1.29, 1.82) is 0 Å². The molecule has 2 fully saturated rings. The highest BCUT2D eigenvalue weighted by atomic mass is 16.5. The molecule has 1 aromatic carbocycles. The summed E-state index contributed by atoms with van der Waals surface area (Å²) in [7, 11) is 0. The minimum atomic E-state index is 0.324. The van der Waals surface area contributed by atoms with Gasteiger partial charge in [0, 0.05) is 45.9 Å². The van der Waals surface area contributed by atoms with Crippen molar-refractivity contribution in [3.05, 3.63) is 35.4 Å². The molecule has 1 saturated carbocycles. The van der Waals surface area contributed by atoms with E-state index in [0.717, 1.165) is 70.8 Å². The van der Waals surface area contributed by atoms with Gasteiger partial charge in [-0.05, 0) is 50.2 Å². The van der Waals surface area contributed by atoms with E-state index in [1.54, 1.807) is 0 Å². The summed E-state index contributed by atoms with van der Waals surface area (Å²) in [5, 5.41) is 6.75. The molecule has 0 spiro atoms. The van der Waals surface area contributed by atoms with E-state index in [4.69, 9.17) is 14.5 Å². The molecule has 162 valence electrons. The fraction of sp³-hybridized carbons (Fsp3) is 0.696. The van der Waals surface area contributed by atoms with Gasteiger partial charge in [-0.15, -0.1) is 0 Å². The first-order valence-corrected chi connectivity index (χ1v) is 11.2. The van der Waals surface area contributed by atoms with Gasteiger partial charge in [0.1, 0.15) is 0 Å². The van der Waals surface area contributed by atoms with Crippen LogP contribution < -0.4 is 10.6 Å². The van der Waals surface area contributed by atoms with Crippen LogP contribution in [0.4, 0.5) is 0 Å². The molecular weight excluding hydrogens is 364 g/mol. The third kappa shape index (κ3) is 8.72. The predicted molar refractivity (Wildman–Crippen MR) is 118 cm³/mol. The lowest BCUT2D eigenvalue weighted by atomic mass is 10.1.